The highest BCUT2D eigenvalue weighted by Gasteiger charge is 2.15. The van der Waals surface area contributed by atoms with Crippen molar-refractivity contribution in [2.75, 3.05) is 13.2 Å². The maximum atomic E-state index is 6.02. The molecule has 0 aliphatic carbocycles. The number of hydrogen-bond donors (Lipinski definition) is 0. The number of benzene rings is 2. The molecular formula is C28H42O. The van der Waals surface area contributed by atoms with Crippen molar-refractivity contribution in [2.45, 2.75) is 91.9 Å². The molecule has 0 radical (unpaired) electrons. The molecule has 29 heavy (non-hydrogen) atoms. The Hall–Kier alpha value is -1.60. The molecule has 2 aromatic carbocycles. The predicted molar refractivity (Wildman–Crippen MR) is 127 cm³/mol. The molecule has 0 aliphatic heterocycles. The van der Waals surface area contributed by atoms with Crippen LogP contribution in [-0.2, 0) is 4.74 Å². The van der Waals surface area contributed by atoms with E-state index in [1.165, 1.54) is 47.9 Å². The average molecular weight is 395 g/mol. The van der Waals surface area contributed by atoms with E-state index in [1.54, 1.807) is 11.1 Å². The first-order valence-electron chi connectivity index (χ1n) is 11.7. The van der Waals surface area contributed by atoms with Crippen LogP contribution in [0.5, 0.6) is 0 Å². The van der Waals surface area contributed by atoms with Crippen LogP contribution < -0.4 is 0 Å². The summed E-state index contributed by atoms with van der Waals surface area (Å²) in [5, 5.41) is 0. The van der Waals surface area contributed by atoms with Crippen LogP contribution in [0.1, 0.15) is 97.6 Å². The van der Waals surface area contributed by atoms with Crippen molar-refractivity contribution >= 4 is 0 Å². The van der Waals surface area contributed by atoms with Gasteiger partial charge < -0.3 is 4.74 Å². The molecule has 0 fully saturated rings. The second kappa shape index (κ2) is 12.2. The van der Waals surface area contributed by atoms with Crippen molar-refractivity contribution in [1.29, 1.82) is 0 Å². The van der Waals surface area contributed by atoms with Gasteiger partial charge in [-0.25, -0.2) is 0 Å². The summed E-state index contributed by atoms with van der Waals surface area (Å²) in [5.41, 5.74) is 8.89. The second-order valence-electron chi connectivity index (χ2n) is 8.72. The highest BCUT2D eigenvalue weighted by Crippen LogP contribution is 2.31. The molecule has 0 saturated carbocycles. The van der Waals surface area contributed by atoms with Gasteiger partial charge in [-0.2, -0.15) is 0 Å². The zero-order chi connectivity index (χ0) is 21.2. The molecule has 0 aliphatic rings. The standard InChI is InChI=1S/C28H42O/c1-7-25(27-21(3)13-9-14-22(27)4)17-11-19-29-20-12-18-26(8-2)28-23(5)15-10-16-24(28)6/h9-10,13-16,25-26H,7-8,11-12,17-20H2,1-6H3. The van der Waals surface area contributed by atoms with Crippen LogP contribution in [-0.4, -0.2) is 13.2 Å². The van der Waals surface area contributed by atoms with Gasteiger partial charge in [-0.1, -0.05) is 50.2 Å². The fourth-order valence-corrected chi connectivity index (χ4v) is 5.01. The lowest BCUT2D eigenvalue weighted by Gasteiger charge is -2.21. The van der Waals surface area contributed by atoms with Gasteiger partial charge in [0.1, 0.15) is 0 Å². The summed E-state index contributed by atoms with van der Waals surface area (Å²) in [6.07, 6.45) is 7.17. The minimum Gasteiger partial charge on any atom is -0.381 e. The minimum absolute atomic E-state index is 0.660. The maximum absolute atomic E-state index is 6.02. The molecule has 2 rings (SSSR count). The summed E-state index contributed by atoms with van der Waals surface area (Å²) < 4.78 is 6.02. The Labute approximate surface area is 179 Å². The van der Waals surface area contributed by atoms with Crippen LogP contribution in [0.25, 0.3) is 0 Å². The first-order chi connectivity index (χ1) is 14.0. The Morgan fingerprint density at radius 3 is 1.28 bits per heavy atom. The van der Waals surface area contributed by atoms with E-state index >= 15 is 0 Å². The van der Waals surface area contributed by atoms with Crippen LogP contribution in [0.3, 0.4) is 0 Å². The Bertz CT molecular complexity index is 642. The third kappa shape index (κ3) is 6.71. The third-order valence-electron chi connectivity index (χ3n) is 6.57. The maximum Gasteiger partial charge on any atom is 0.0466 e. The molecule has 0 aromatic heterocycles. The average Bonchev–Trinajstić information content (AvgIpc) is 2.69. The third-order valence-corrected chi connectivity index (χ3v) is 6.57. The van der Waals surface area contributed by atoms with Gasteiger partial charge in [0.2, 0.25) is 0 Å². The quantitative estimate of drug-likeness (QED) is 0.330. The lowest BCUT2D eigenvalue weighted by atomic mass is 9.86. The van der Waals surface area contributed by atoms with E-state index in [0.717, 1.165) is 26.1 Å². The molecule has 2 atom stereocenters. The van der Waals surface area contributed by atoms with Gasteiger partial charge in [0.25, 0.3) is 0 Å². The Balaban J connectivity index is 1.73. The van der Waals surface area contributed by atoms with Gasteiger partial charge in [0.05, 0.1) is 0 Å². The van der Waals surface area contributed by atoms with Gasteiger partial charge in [-0.3, -0.25) is 0 Å². The summed E-state index contributed by atoms with van der Waals surface area (Å²) >= 11 is 0. The Morgan fingerprint density at radius 2 is 0.966 bits per heavy atom. The predicted octanol–water partition coefficient (Wildman–Crippen LogP) is 8.18. The van der Waals surface area contributed by atoms with Crippen molar-refractivity contribution in [2.24, 2.45) is 0 Å². The second-order valence-corrected chi connectivity index (χ2v) is 8.72. The molecule has 160 valence electrons. The molecule has 1 nitrogen and oxygen atoms in total. The van der Waals surface area contributed by atoms with E-state index in [-0.39, 0.29) is 0 Å². The number of rotatable bonds is 12. The Morgan fingerprint density at radius 1 is 0.621 bits per heavy atom. The molecule has 0 bridgehead atoms. The van der Waals surface area contributed by atoms with Crippen molar-refractivity contribution in [3.63, 3.8) is 0 Å². The van der Waals surface area contributed by atoms with Crippen LogP contribution >= 0.6 is 0 Å². The van der Waals surface area contributed by atoms with Crippen LogP contribution in [0.15, 0.2) is 36.4 Å². The van der Waals surface area contributed by atoms with Crippen LogP contribution in [0, 0.1) is 27.7 Å². The van der Waals surface area contributed by atoms with Crippen LogP contribution in [0.2, 0.25) is 0 Å². The zero-order valence-electron chi connectivity index (χ0n) is 19.7. The fraction of sp³-hybridized carbons (Fsp3) is 0.571. The van der Waals surface area contributed by atoms with Gasteiger partial charge in [-0.15, -0.1) is 0 Å². The summed E-state index contributed by atoms with van der Waals surface area (Å²) in [5.74, 6) is 1.32. The van der Waals surface area contributed by atoms with E-state index in [4.69, 9.17) is 4.74 Å². The highest BCUT2D eigenvalue weighted by atomic mass is 16.5. The lowest BCUT2D eigenvalue weighted by molar-refractivity contribution is 0.123. The van der Waals surface area contributed by atoms with Crippen molar-refractivity contribution < 1.29 is 4.74 Å². The SMILES string of the molecule is CCC(CCCOCCCC(CC)c1c(C)cccc1C)c1c(C)cccc1C. The number of aryl methyl sites for hydroxylation is 4. The molecule has 0 saturated heterocycles. The smallest absolute Gasteiger partial charge is 0.0466 e. The monoisotopic (exact) mass is 394 g/mol. The molecular weight excluding hydrogens is 352 g/mol. The number of hydrogen-bond acceptors (Lipinski definition) is 1. The molecule has 0 amide bonds. The highest BCUT2D eigenvalue weighted by molar-refractivity contribution is 5.37. The molecule has 0 heterocycles. The van der Waals surface area contributed by atoms with Crippen molar-refractivity contribution in [3.05, 3.63) is 69.8 Å². The van der Waals surface area contributed by atoms with Crippen molar-refractivity contribution in [3.8, 4) is 0 Å². The molecule has 1 heteroatoms. The topological polar surface area (TPSA) is 9.23 Å². The van der Waals surface area contributed by atoms with E-state index in [9.17, 15) is 0 Å². The summed E-state index contributed by atoms with van der Waals surface area (Å²) in [6, 6.07) is 13.4. The van der Waals surface area contributed by atoms with E-state index in [1.807, 2.05) is 0 Å². The Kier molecular flexibility index (Phi) is 9.94. The summed E-state index contributed by atoms with van der Waals surface area (Å²) in [6.45, 7) is 15.4. The molecule has 0 N–H and O–H groups in total. The van der Waals surface area contributed by atoms with E-state index in [0.29, 0.717) is 11.8 Å². The summed E-state index contributed by atoms with van der Waals surface area (Å²) in [7, 11) is 0. The largest absolute Gasteiger partial charge is 0.381 e. The van der Waals surface area contributed by atoms with Gasteiger partial charge in [-0.05, 0) is 111 Å². The normalized spacial score (nSPS) is 13.4. The van der Waals surface area contributed by atoms with Crippen LogP contribution in [0.4, 0.5) is 0 Å². The first kappa shape index (κ1) is 23.7. The lowest BCUT2D eigenvalue weighted by Crippen LogP contribution is -2.07. The number of ether oxygens (including phenoxy) is 1. The molecule has 2 unspecified atom stereocenters. The van der Waals surface area contributed by atoms with E-state index in [2.05, 4.69) is 77.9 Å². The van der Waals surface area contributed by atoms with E-state index < -0.39 is 0 Å². The first-order valence-corrected chi connectivity index (χ1v) is 11.7. The van der Waals surface area contributed by atoms with Gasteiger partial charge >= 0.3 is 0 Å². The van der Waals surface area contributed by atoms with Crippen molar-refractivity contribution in [1.82, 2.24) is 0 Å². The van der Waals surface area contributed by atoms with Gasteiger partial charge in [0.15, 0.2) is 0 Å². The molecule has 0 spiro atoms. The fourth-order valence-electron chi connectivity index (χ4n) is 5.01. The summed E-state index contributed by atoms with van der Waals surface area (Å²) in [4.78, 5) is 0. The molecule has 2 aromatic rings. The zero-order valence-corrected chi connectivity index (χ0v) is 19.7. The minimum atomic E-state index is 0.660. The van der Waals surface area contributed by atoms with Gasteiger partial charge in [0, 0.05) is 13.2 Å².